The van der Waals surface area contributed by atoms with E-state index in [9.17, 15) is 13.2 Å². The summed E-state index contributed by atoms with van der Waals surface area (Å²) in [6.45, 7) is -0.584. The minimum absolute atomic E-state index is 0.319. The van der Waals surface area contributed by atoms with Crippen LogP contribution in [-0.4, -0.2) is 24.3 Å². The molecule has 1 heterocycles. The van der Waals surface area contributed by atoms with E-state index < -0.39 is 12.7 Å². The van der Waals surface area contributed by atoms with Crippen LogP contribution in [0.4, 0.5) is 13.2 Å². The summed E-state index contributed by atoms with van der Waals surface area (Å²) in [5, 5.41) is 1.08. The molecule has 0 radical (unpaired) electrons. The lowest BCUT2D eigenvalue weighted by atomic mass is 10.5. The van der Waals surface area contributed by atoms with Crippen LogP contribution in [0.1, 0.15) is 0 Å². The smallest absolute Gasteiger partial charge is 0.326 e. The monoisotopic (exact) mass is 152 g/mol. The molecule has 1 aliphatic heterocycles. The van der Waals surface area contributed by atoms with E-state index in [2.05, 4.69) is 5.43 Å². The van der Waals surface area contributed by atoms with Crippen LogP contribution >= 0.6 is 0 Å². The molecule has 0 aromatic carbocycles. The molecule has 1 aliphatic rings. The van der Waals surface area contributed by atoms with Crippen molar-refractivity contribution >= 4 is 0 Å². The summed E-state index contributed by atoms with van der Waals surface area (Å²) < 4.78 is 34.8. The molecule has 0 amide bonds. The van der Waals surface area contributed by atoms with Crippen LogP contribution in [0.15, 0.2) is 12.3 Å². The van der Waals surface area contributed by atoms with Crippen molar-refractivity contribution in [3.63, 3.8) is 0 Å². The number of nitrogens with zero attached hydrogens (tertiary/aromatic N) is 1. The van der Waals surface area contributed by atoms with Crippen molar-refractivity contribution in [2.75, 3.05) is 13.1 Å². The van der Waals surface area contributed by atoms with E-state index >= 15 is 0 Å². The van der Waals surface area contributed by atoms with Crippen molar-refractivity contribution < 1.29 is 13.2 Å². The number of nitrogens with one attached hydrogen (secondary N) is 1. The second kappa shape index (κ2) is 2.49. The molecule has 2 nitrogen and oxygen atoms in total. The van der Waals surface area contributed by atoms with Gasteiger partial charge in [0, 0.05) is 12.7 Å². The normalized spacial score (nSPS) is 19.5. The molecule has 0 bridgehead atoms. The Bertz CT molecular complexity index is 132. The molecule has 0 aliphatic carbocycles. The summed E-state index contributed by atoms with van der Waals surface area (Å²) >= 11 is 0. The number of alkyl halides is 3. The van der Waals surface area contributed by atoms with E-state index in [0.29, 0.717) is 6.54 Å². The molecule has 58 valence electrons. The molecule has 0 saturated heterocycles. The Morgan fingerprint density at radius 2 is 2.20 bits per heavy atom. The average molecular weight is 152 g/mol. The van der Waals surface area contributed by atoms with E-state index in [1.165, 1.54) is 6.20 Å². The van der Waals surface area contributed by atoms with Gasteiger partial charge in [0.15, 0.2) is 0 Å². The molecular weight excluding hydrogens is 145 g/mol. The summed E-state index contributed by atoms with van der Waals surface area (Å²) in [6.07, 6.45) is -0.990. The number of halogens is 3. The molecule has 1 N–H and O–H groups in total. The maximum absolute atomic E-state index is 11.6. The van der Waals surface area contributed by atoms with Gasteiger partial charge in [-0.25, -0.2) is 5.01 Å². The summed E-state index contributed by atoms with van der Waals surface area (Å²) in [6, 6.07) is 0. The van der Waals surface area contributed by atoms with Gasteiger partial charge in [0.25, 0.3) is 0 Å². The van der Waals surface area contributed by atoms with Gasteiger partial charge >= 0.3 is 6.18 Å². The molecule has 0 fully saturated rings. The highest BCUT2D eigenvalue weighted by Crippen LogP contribution is 2.15. The van der Waals surface area contributed by atoms with Gasteiger partial charge in [-0.2, -0.15) is 13.2 Å². The summed E-state index contributed by atoms with van der Waals surface area (Å²) in [5.74, 6) is 0. The fraction of sp³-hybridized carbons (Fsp3) is 0.600. The highest BCUT2D eigenvalue weighted by atomic mass is 19.4. The van der Waals surface area contributed by atoms with Crippen LogP contribution in [-0.2, 0) is 0 Å². The largest absolute Gasteiger partial charge is 0.403 e. The zero-order valence-corrected chi connectivity index (χ0v) is 5.15. The van der Waals surface area contributed by atoms with Crippen molar-refractivity contribution in [1.82, 2.24) is 10.4 Å². The third-order valence-electron chi connectivity index (χ3n) is 1.07. The van der Waals surface area contributed by atoms with Crippen LogP contribution in [0.5, 0.6) is 0 Å². The minimum Gasteiger partial charge on any atom is -0.326 e. The van der Waals surface area contributed by atoms with Crippen LogP contribution in [0.3, 0.4) is 0 Å². The Hall–Kier alpha value is -0.710. The summed E-state index contributed by atoms with van der Waals surface area (Å²) in [5.41, 5.74) is 2.45. The third-order valence-corrected chi connectivity index (χ3v) is 1.07. The Morgan fingerprint density at radius 3 is 2.60 bits per heavy atom. The van der Waals surface area contributed by atoms with Crippen molar-refractivity contribution in [3.8, 4) is 0 Å². The highest BCUT2D eigenvalue weighted by molar-refractivity contribution is 4.88. The van der Waals surface area contributed by atoms with E-state index in [0.717, 1.165) is 5.01 Å². The van der Waals surface area contributed by atoms with E-state index in [-0.39, 0.29) is 0 Å². The maximum atomic E-state index is 11.6. The zero-order valence-electron chi connectivity index (χ0n) is 5.15. The van der Waals surface area contributed by atoms with Gasteiger partial charge in [-0.3, -0.25) is 0 Å². The third kappa shape index (κ3) is 2.26. The molecule has 0 spiro atoms. The maximum Gasteiger partial charge on any atom is 0.403 e. The first-order chi connectivity index (χ1) is 4.58. The van der Waals surface area contributed by atoms with Gasteiger partial charge < -0.3 is 5.43 Å². The van der Waals surface area contributed by atoms with Crippen LogP contribution in [0.2, 0.25) is 0 Å². The van der Waals surface area contributed by atoms with Gasteiger partial charge in [-0.1, -0.05) is 6.08 Å². The predicted molar refractivity (Wildman–Crippen MR) is 29.9 cm³/mol. The van der Waals surface area contributed by atoms with E-state index in [1.54, 1.807) is 6.08 Å². The first kappa shape index (κ1) is 7.40. The van der Waals surface area contributed by atoms with Gasteiger partial charge in [-0.15, -0.1) is 0 Å². The molecule has 0 unspecified atom stereocenters. The van der Waals surface area contributed by atoms with Crippen molar-refractivity contribution in [1.29, 1.82) is 0 Å². The van der Waals surface area contributed by atoms with Crippen LogP contribution in [0, 0.1) is 0 Å². The van der Waals surface area contributed by atoms with Crippen molar-refractivity contribution in [2.45, 2.75) is 6.18 Å². The lowest BCUT2D eigenvalue weighted by Gasteiger charge is -2.17. The lowest BCUT2D eigenvalue weighted by Crippen LogP contribution is -2.38. The van der Waals surface area contributed by atoms with Gasteiger partial charge in [0.05, 0.1) is 0 Å². The van der Waals surface area contributed by atoms with Crippen LogP contribution < -0.4 is 5.43 Å². The Balaban J connectivity index is 2.26. The Morgan fingerprint density at radius 1 is 1.50 bits per heavy atom. The Kier molecular flexibility index (Phi) is 1.85. The number of rotatable bonds is 1. The zero-order chi connectivity index (χ0) is 7.61. The van der Waals surface area contributed by atoms with Crippen molar-refractivity contribution in [3.05, 3.63) is 12.3 Å². The first-order valence-corrected chi connectivity index (χ1v) is 2.81. The van der Waals surface area contributed by atoms with Gasteiger partial charge in [0.2, 0.25) is 0 Å². The van der Waals surface area contributed by atoms with E-state index in [1.807, 2.05) is 0 Å². The van der Waals surface area contributed by atoms with Gasteiger partial charge in [0.1, 0.15) is 6.54 Å². The molecule has 0 aromatic heterocycles. The molecule has 10 heavy (non-hydrogen) atoms. The number of hydrogen-bond acceptors (Lipinski definition) is 2. The average Bonchev–Trinajstić information content (AvgIpc) is 2.12. The highest BCUT2D eigenvalue weighted by Gasteiger charge is 2.30. The fourth-order valence-corrected chi connectivity index (χ4v) is 0.717. The molecule has 0 aromatic rings. The number of hydrogen-bond donors (Lipinski definition) is 1. The quantitative estimate of drug-likeness (QED) is 0.600. The summed E-state index contributed by atoms with van der Waals surface area (Å²) in [7, 11) is 0. The first-order valence-electron chi connectivity index (χ1n) is 2.81. The van der Waals surface area contributed by atoms with Crippen molar-refractivity contribution in [2.24, 2.45) is 0 Å². The summed E-state index contributed by atoms with van der Waals surface area (Å²) in [4.78, 5) is 0. The fourth-order valence-electron chi connectivity index (χ4n) is 0.717. The Labute approximate surface area is 56.3 Å². The topological polar surface area (TPSA) is 15.3 Å². The predicted octanol–water partition coefficient (Wildman–Crippen LogP) is 0.883. The molecule has 0 saturated carbocycles. The second-order valence-electron chi connectivity index (χ2n) is 2.03. The molecule has 5 heteroatoms. The molecule has 0 atom stereocenters. The lowest BCUT2D eigenvalue weighted by molar-refractivity contribution is -0.148. The minimum atomic E-state index is -4.11. The van der Waals surface area contributed by atoms with Crippen LogP contribution in [0.25, 0.3) is 0 Å². The number of hydrazine groups is 1. The molecule has 1 rings (SSSR count). The molecular formula is C5H7F3N2. The standard InChI is InChI=1S/C5H7F3N2/c6-5(7,8)4-10-3-1-2-9-10/h1-2,9H,3-4H2. The second-order valence-corrected chi connectivity index (χ2v) is 2.03. The SMILES string of the molecule is FC(F)(F)CN1CC=CN1. The van der Waals surface area contributed by atoms with Gasteiger partial charge in [-0.05, 0) is 0 Å². The van der Waals surface area contributed by atoms with E-state index in [4.69, 9.17) is 0 Å².